The van der Waals surface area contributed by atoms with Crippen LogP contribution in [0.4, 0.5) is 0 Å². The molecule has 3 aromatic rings. The first-order valence-corrected chi connectivity index (χ1v) is 13.3. The van der Waals surface area contributed by atoms with E-state index in [-0.39, 0.29) is 11.6 Å². The van der Waals surface area contributed by atoms with Gasteiger partial charge in [-0.05, 0) is 89.6 Å². The quantitative estimate of drug-likeness (QED) is 0.336. The Labute approximate surface area is 218 Å². The third kappa shape index (κ3) is 4.27. The standard InChI is InChI=1S/C34H32O3/c1-21-15-27(12-11-24-7-9-25(10-8-24)17-32(36)34(13-14-34)23(3)35)29-19-30-26(18-28(29)16-21)5-4-6-31-33(30)22(2)20-37-31/h4-5,7-12,15,18-21H,6,13-14,16-17H2,1-3H3/b12-11-. The average molecular weight is 489 g/mol. The number of allylic oxidation sites excluding steroid dienone is 4. The summed E-state index contributed by atoms with van der Waals surface area (Å²) in [6.45, 7) is 5.94. The summed E-state index contributed by atoms with van der Waals surface area (Å²) < 4.78 is 5.87. The zero-order valence-electron chi connectivity index (χ0n) is 21.8. The molecule has 6 rings (SSSR count). The maximum absolute atomic E-state index is 12.7. The molecule has 3 aliphatic carbocycles. The van der Waals surface area contributed by atoms with E-state index in [0.29, 0.717) is 25.2 Å². The Balaban J connectivity index is 1.27. The summed E-state index contributed by atoms with van der Waals surface area (Å²) in [6.07, 6.45) is 16.6. The van der Waals surface area contributed by atoms with E-state index in [1.807, 2.05) is 18.4 Å². The number of fused-ring (bicyclic) bond motifs is 4. The number of furan rings is 1. The number of aryl methyl sites for hydroxylation is 1. The summed E-state index contributed by atoms with van der Waals surface area (Å²) in [5.41, 5.74) is 10.2. The number of rotatable bonds is 6. The summed E-state index contributed by atoms with van der Waals surface area (Å²) >= 11 is 0. The molecule has 3 aliphatic rings. The van der Waals surface area contributed by atoms with E-state index in [9.17, 15) is 9.59 Å². The molecule has 1 aromatic heterocycles. The van der Waals surface area contributed by atoms with Crippen molar-refractivity contribution in [2.45, 2.75) is 52.9 Å². The van der Waals surface area contributed by atoms with Crippen molar-refractivity contribution in [1.82, 2.24) is 0 Å². The molecule has 1 unspecified atom stereocenters. The highest BCUT2D eigenvalue weighted by molar-refractivity contribution is 6.09. The molecule has 1 saturated carbocycles. The SMILES string of the molecule is CC(=O)C1(C(=O)Cc2ccc(/C=C\C3=CC(C)Cc4cc5c(cc43)-c3c(C)coc3CC=C5)cc2)CC1. The van der Waals surface area contributed by atoms with Gasteiger partial charge in [-0.3, -0.25) is 9.59 Å². The van der Waals surface area contributed by atoms with Gasteiger partial charge < -0.3 is 4.42 Å². The molecule has 0 N–H and O–H groups in total. The lowest BCUT2D eigenvalue weighted by Crippen LogP contribution is -2.25. The third-order valence-electron chi connectivity index (χ3n) is 8.27. The van der Waals surface area contributed by atoms with Crippen molar-refractivity contribution >= 4 is 29.3 Å². The van der Waals surface area contributed by atoms with Gasteiger partial charge in [0.2, 0.25) is 0 Å². The fraction of sp³-hybridized carbons (Fsp3) is 0.294. The number of hydrogen-bond donors (Lipinski definition) is 0. The second-order valence-electron chi connectivity index (χ2n) is 11.0. The maximum Gasteiger partial charge on any atom is 0.150 e. The molecule has 1 atom stereocenters. The van der Waals surface area contributed by atoms with Crippen LogP contribution >= 0.6 is 0 Å². The Bertz CT molecular complexity index is 1500. The summed E-state index contributed by atoms with van der Waals surface area (Å²) in [5, 5.41) is 0. The van der Waals surface area contributed by atoms with Crippen LogP contribution in [0.1, 0.15) is 65.8 Å². The fourth-order valence-electron chi connectivity index (χ4n) is 5.95. The van der Waals surface area contributed by atoms with E-state index >= 15 is 0 Å². The molecule has 0 aliphatic heterocycles. The first-order valence-electron chi connectivity index (χ1n) is 13.3. The molecule has 0 saturated heterocycles. The predicted octanol–water partition coefficient (Wildman–Crippen LogP) is 7.59. The van der Waals surface area contributed by atoms with Gasteiger partial charge in [-0.2, -0.15) is 0 Å². The Morgan fingerprint density at radius 1 is 1.08 bits per heavy atom. The molecule has 37 heavy (non-hydrogen) atoms. The molecule has 1 heterocycles. The van der Waals surface area contributed by atoms with Crippen LogP contribution < -0.4 is 0 Å². The first kappa shape index (κ1) is 23.7. The third-order valence-corrected chi connectivity index (χ3v) is 8.27. The van der Waals surface area contributed by atoms with E-state index in [2.05, 4.69) is 68.5 Å². The van der Waals surface area contributed by atoms with Crippen LogP contribution in [-0.2, 0) is 28.9 Å². The molecule has 0 spiro atoms. The van der Waals surface area contributed by atoms with Gasteiger partial charge in [0.1, 0.15) is 11.5 Å². The van der Waals surface area contributed by atoms with Crippen LogP contribution in [0, 0.1) is 18.3 Å². The van der Waals surface area contributed by atoms with Crippen molar-refractivity contribution in [1.29, 1.82) is 0 Å². The minimum atomic E-state index is -0.695. The first-order chi connectivity index (χ1) is 17.8. The second kappa shape index (κ2) is 8.99. The molecule has 3 nitrogen and oxygen atoms in total. The molecule has 186 valence electrons. The normalized spacial score (nSPS) is 19.0. The number of benzene rings is 2. The van der Waals surface area contributed by atoms with Gasteiger partial charge >= 0.3 is 0 Å². The summed E-state index contributed by atoms with van der Waals surface area (Å²) in [5.74, 6) is 1.58. The van der Waals surface area contributed by atoms with E-state index in [1.54, 1.807) is 6.92 Å². The topological polar surface area (TPSA) is 47.3 Å². The monoisotopic (exact) mass is 488 g/mol. The molecule has 3 heteroatoms. The maximum atomic E-state index is 12.7. The van der Waals surface area contributed by atoms with E-state index in [4.69, 9.17) is 4.42 Å². The van der Waals surface area contributed by atoms with Crippen LogP contribution in [0.15, 0.2) is 65.3 Å². The summed E-state index contributed by atoms with van der Waals surface area (Å²) in [6, 6.07) is 12.8. The smallest absolute Gasteiger partial charge is 0.150 e. The van der Waals surface area contributed by atoms with Crippen LogP contribution in [0.5, 0.6) is 0 Å². The van der Waals surface area contributed by atoms with Crippen molar-refractivity contribution in [2.75, 3.05) is 0 Å². The van der Waals surface area contributed by atoms with Crippen molar-refractivity contribution in [3.8, 4) is 11.1 Å². The number of carbonyl (C=O) groups excluding carboxylic acids is 2. The second-order valence-corrected chi connectivity index (χ2v) is 11.0. The molecular weight excluding hydrogens is 456 g/mol. The summed E-state index contributed by atoms with van der Waals surface area (Å²) in [7, 11) is 0. The van der Waals surface area contributed by atoms with Gasteiger partial charge in [-0.25, -0.2) is 0 Å². The molecule has 2 aromatic carbocycles. The minimum absolute atomic E-state index is 0.0133. The van der Waals surface area contributed by atoms with Gasteiger partial charge in [0.25, 0.3) is 0 Å². The van der Waals surface area contributed by atoms with E-state index in [0.717, 1.165) is 29.7 Å². The van der Waals surface area contributed by atoms with Crippen molar-refractivity contribution in [3.63, 3.8) is 0 Å². The van der Waals surface area contributed by atoms with Crippen molar-refractivity contribution in [3.05, 3.63) is 100 Å². The van der Waals surface area contributed by atoms with Gasteiger partial charge in [0.15, 0.2) is 5.78 Å². The zero-order valence-corrected chi connectivity index (χ0v) is 21.8. The van der Waals surface area contributed by atoms with Crippen molar-refractivity contribution in [2.24, 2.45) is 11.3 Å². The Kier molecular flexibility index (Phi) is 5.75. The molecule has 1 fully saturated rings. The molecule has 0 radical (unpaired) electrons. The number of Topliss-reactive ketones (excluding diaryl/α,β-unsaturated/α-hetero) is 2. The van der Waals surface area contributed by atoms with Crippen molar-refractivity contribution < 1.29 is 14.0 Å². The minimum Gasteiger partial charge on any atom is -0.468 e. The largest absolute Gasteiger partial charge is 0.468 e. The number of carbonyl (C=O) groups is 2. The van der Waals surface area contributed by atoms with E-state index < -0.39 is 5.41 Å². The predicted molar refractivity (Wildman–Crippen MR) is 149 cm³/mol. The molecular formula is C34H32O3. The highest BCUT2D eigenvalue weighted by Gasteiger charge is 2.53. The van der Waals surface area contributed by atoms with Gasteiger partial charge in [-0.15, -0.1) is 0 Å². The number of ketones is 2. The zero-order chi connectivity index (χ0) is 25.7. The average Bonchev–Trinajstić information content (AvgIpc) is 3.64. The summed E-state index contributed by atoms with van der Waals surface area (Å²) in [4.78, 5) is 24.5. The van der Waals surface area contributed by atoms with Gasteiger partial charge in [0.05, 0.1) is 11.7 Å². The lowest BCUT2D eigenvalue weighted by Gasteiger charge is -2.23. The lowest BCUT2D eigenvalue weighted by atomic mass is 9.81. The van der Waals surface area contributed by atoms with Crippen LogP contribution in [0.3, 0.4) is 0 Å². The lowest BCUT2D eigenvalue weighted by molar-refractivity contribution is -0.133. The van der Waals surface area contributed by atoms with Gasteiger partial charge in [-0.1, -0.05) is 67.6 Å². The van der Waals surface area contributed by atoms with Crippen LogP contribution in [0.25, 0.3) is 28.9 Å². The molecule has 0 amide bonds. The van der Waals surface area contributed by atoms with Gasteiger partial charge in [0, 0.05) is 18.4 Å². The Morgan fingerprint density at radius 2 is 1.86 bits per heavy atom. The van der Waals surface area contributed by atoms with E-state index in [1.165, 1.54) is 39.0 Å². The van der Waals surface area contributed by atoms with Crippen LogP contribution in [0.2, 0.25) is 0 Å². The van der Waals surface area contributed by atoms with Crippen LogP contribution in [-0.4, -0.2) is 11.6 Å². The fourth-order valence-corrected chi connectivity index (χ4v) is 5.95. The Morgan fingerprint density at radius 3 is 2.59 bits per heavy atom. The molecule has 0 bridgehead atoms. The Hall–Kier alpha value is -3.72. The highest BCUT2D eigenvalue weighted by atomic mass is 16.3. The highest BCUT2D eigenvalue weighted by Crippen LogP contribution is 2.48. The number of hydrogen-bond acceptors (Lipinski definition) is 3.